The van der Waals surface area contributed by atoms with Crippen LogP contribution in [0.1, 0.15) is 28.9 Å². The third-order valence-corrected chi connectivity index (χ3v) is 5.73. The monoisotopic (exact) mass is 461 g/mol. The molecule has 1 amide bonds. The Morgan fingerprint density at radius 1 is 1.12 bits per heavy atom. The second-order valence-corrected chi connectivity index (χ2v) is 8.41. The number of hydrogen-bond donors (Lipinski definition) is 1. The van der Waals surface area contributed by atoms with Crippen molar-refractivity contribution in [2.24, 2.45) is 0 Å². The van der Waals surface area contributed by atoms with E-state index in [-0.39, 0.29) is 17.8 Å². The second-order valence-electron chi connectivity index (χ2n) is 8.41. The Kier molecular flexibility index (Phi) is 6.88. The Morgan fingerprint density at radius 3 is 2.68 bits per heavy atom. The zero-order valence-corrected chi connectivity index (χ0v) is 19.7. The normalized spacial score (nSPS) is 12.2. The third kappa shape index (κ3) is 4.77. The molecule has 1 unspecified atom stereocenters. The van der Waals surface area contributed by atoms with Crippen molar-refractivity contribution in [3.8, 4) is 16.9 Å². The molecule has 0 aliphatic heterocycles. The van der Waals surface area contributed by atoms with Gasteiger partial charge in [0, 0.05) is 48.1 Å². The van der Waals surface area contributed by atoms with Crippen molar-refractivity contribution in [2.45, 2.75) is 13.0 Å². The number of aromatic amines is 1. The van der Waals surface area contributed by atoms with Gasteiger partial charge in [0.2, 0.25) is 0 Å². The fourth-order valence-corrected chi connectivity index (χ4v) is 4.08. The van der Waals surface area contributed by atoms with E-state index in [2.05, 4.69) is 15.2 Å². The van der Waals surface area contributed by atoms with Crippen molar-refractivity contribution >= 4 is 16.8 Å². The highest BCUT2D eigenvalue weighted by Gasteiger charge is 2.26. The number of fused-ring (bicyclic) bond motifs is 1. The number of rotatable bonds is 8. The highest BCUT2D eigenvalue weighted by Crippen LogP contribution is 2.33. The quantitative estimate of drug-likeness (QED) is 0.417. The number of pyridine rings is 1. The molecular weight excluding hydrogens is 433 g/mol. The number of likely N-dealkylation sites (N-methyl/N-ethyl adjacent to an activating group) is 2. The first-order valence-electron chi connectivity index (χ1n) is 11.1. The van der Waals surface area contributed by atoms with Crippen LogP contribution >= 0.6 is 0 Å². The van der Waals surface area contributed by atoms with Gasteiger partial charge in [-0.2, -0.15) is 5.10 Å². The summed E-state index contributed by atoms with van der Waals surface area (Å²) in [6.07, 6.45) is 5.24. The van der Waals surface area contributed by atoms with Gasteiger partial charge >= 0.3 is 0 Å². The molecule has 1 atom stereocenters. The molecule has 0 radical (unpaired) electrons. The van der Waals surface area contributed by atoms with Crippen molar-refractivity contribution in [3.63, 3.8) is 0 Å². The molecule has 7 nitrogen and oxygen atoms in total. The third-order valence-electron chi connectivity index (χ3n) is 5.73. The molecule has 34 heavy (non-hydrogen) atoms. The molecular formula is C26H28FN5O2. The van der Waals surface area contributed by atoms with E-state index in [1.165, 1.54) is 12.1 Å². The van der Waals surface area contributed by atoms with Crippen LogP contribution in [-0.2, 0) is 0 Å². The highest BCUT2D eigenvalue weighted by atomic mass is 19.1. The van der Waals surface area contributed by atoms with E-state index >= 15 is 0 Å². The van der Waals surface area contributed by atoms with Crippen molar-refractivity contribution in [1.82, 2.24) is 25.0 Å². The summed E-state index contributed by atoms with van der Waals surface area (Å²) in [7, 11) is 5.71. The van der Waals surface area contributed by atoms with E-state index < -0.39 is 0 Å². The number of benzene rings is 2. The van der Waals surface area contributed by atoms with Gasteiger partial charge < -0.3 is 14.5 Å². The van der Waals surface area contributed by atoms with Crippen LogP contribution in [0.4, 0.5) is 4.39 Å². The lowest BCUT2D eigenvalue weighted by Gasteiger charge is -2.31. The van der Waals surface area contributed by atoms with Gasteiger partial charge in [-0.15, -0.1) is 0 Å². The number of nitrogens with zero attached hydrogens (tertiary/aromatic N) is 4. The van der Waals surface area contributed by atoms with E-state index in [0.717, 1.165) is 22.0 Å². The number of amides is 1. The van der Waals surface area contributed by atoms with Gasteiger partial charge in [0.05, 0.1) is 24.4 Å². The molecule has 0 saturated heterocycles. The largest absolute Gasteiger partial charge is 0.493 e. The zero-order chi connectivity index (χ0) is 24.2. The summed E-state index contributed by atoms with van der Waals surface area (Å²) >= 11 is 0. The fourth-order valence-electron chi connectivity index (χ4n) is 4.08. The van der Waals surface area contributed by atoms with Gasteiger partial charge in [0.1, 0.15) is 11.6 Å². The predicted octanol–water partition coefficient (Wildman–Crippen LogP) is 4.54. The van der Waals surface area contributed by atoms with E-state index in [0.29, 0.717) is 30.0 Å². The average Bonchev–Trinajstić information content (AvgIpc) is 3.31. The molecule has 0 saturated carbocycles. The minimum atomic E-state index is -0.326. The minimum Gasteiger partial charge on any atom is -0.493 e. The van der Waals surface area contributed by atoms with Crippen LogP contribution in [0.25, 0.3) is 22.0 Å². The van der Waals surface area contributed by atoms with Gasteiger partial charge in [-0.1, -0.05) is 12.1 Å². The standard InChI is InChI=1S/C26H28FN5O2/c1-5-34-24-12-18(9-10-21(24)17-7-6-8-20(27)11-17)26(33)32(4)23(16-31(2)3)22-15-28-13-19-14-29-30-25(19)22/h6-15,23H,5,16H2,1-4H3,(H,29,30). The molecule has 0 aliphatic carbocycles. The van der Waals surface area contributed by atoms with Crippen molar-refractivity contribution in [2.75, 3.05) is 34.3 Å². The number of aromatic nitrogens is 3. The summed E-state index contributed by atoms with van der Waals surface area (Å²) < 4.78 is 19.6. The lowest BCUT2D eigenvalue weighted by molar-refractivity contribution is 0.0706. The maximum absolute atomic E-state index is 13.8. The molecule has 0 fully saturated rings. The first kappa shape index (κ1) is 23.4. The van der Waals surface area contributed by atoms with Gasteiger partial charge in [-0.3, -0.25) is 14.9 Å². The van der Waals surface area contributed by atoms with Crippen LogP contribution in [0.3, 0.4) is 0 Å². The van der Waals surface area contributed by atoms with E-state index in [1.807, 2.05) is 32.0 Å². The molecule has 4 rings (SSSR count). The van der Waals surface area contributed by atoms with Crippen LogP contribution in [0.2, 0.25) is 0 Å². The van der Waals surface area contributed by atoms with E-state index in [4.69, 9.17) is 4.74 Å². The van der Waals surface area contributed by atoms with E-state index in [1.54, 1.807) is 54.8 Å². The number of halogens is 1. The lowest BCUT2D eigenvalue weighted by atomic mass is 10.0. The summed E-state index contributed by atoms with van der Waals surface area (Å²) in [5, 5.41) is 8.06. The number of carbonyl (C=O) groups excluding carboxylic acids is 1. The minimum absolute atomic E-state index is 0.157. The van der Waals surface area contributed by atoms with Crippen LogP contribution in [0.15, 0.2) is 61.1 Å². The summed E-state index contributed by atoms with van der Waals surface area (Å²) in [5.41, 5.74) is 3.66. The number of carbonyl (C=O) groups is 1. The second kappa shape index (κ2) is 10.0. The average molecular weight is 462 g/mol. The van der Waals surface area contributed by atoms with Crippen molar-refractivity contribution in [1.29, 1.82) is 0 Å². The Hall–Kier alpha value is -3.78. The molecule has 0 spiro atoms. The zero-order valence-electron chi connectivity index (χ0n) is 19.7. The van der Waals surface area contributed by atoms with E-state index in [9.17, 15) is 9.18 Å². The maximum Gasteiger partial charge on any atom is 0.254 e. The van der Waals surface area contributed by atoms with Crippen LogP contribution < -0.4 is 4.74 Å². The molecule has 0 bridgehead atoms. The van der Waals surface area contributed by atoms with Crippen LogP contribution in [0, 0.1) is 5.82 Å². The highest BCUT2D eigenvalue weighted by molar-refractivity contribution is 5.96. The topological polar surface area (TPSA) is 74.3 Å². The fraction of sp³-hybridized carbons (Fsp3) is 0.269. The Morgan fingerprint density at radius 2 is 1.94 bits per heavy atom. The molecule has 8 heteroatoms. The predicted molar refractivity (Wildman–Crippen MR) is 130 cm³/mol. The Balaban J connectivity index is 1.71. The van der Waals surface area contributed by atoms with Crippen LogP contribution in [0.5, 0.6) is 5.75 Å². The summed E-state index contributed by atoms with van der Waals surface area (Å²) in [6.45, 7) is 2.90. The first-order chi connectivity index (χ1) is 16.4. The first-order valence-corrected chi connectivity index (χ1v) is 11.1. The number of ether oxygens (including phenoxy) is 1. The Labute approximate surface area is 198 Å². The smallest absolute Gasteiger partial charge is 0.254 e. The maximum atomic E-state index is 13.8. The number of H-pyrrole nitrogens is 1. The number of hydrogen-bond acceptors (Lipinski definition) is 5. The summed E-state index contributed by atoms with van der Waals surface area (Å²) in [4.78, 5) is 21.7. The van der Waals surface area contributed by atoms with Gasteiger partial charge in [0.25, 0.3) is 5.91 Å². The SMILES string of the molecule is CCOc1cc(C(=O)N(C)C(CN(C)C)c2cncc3cn[nH]c23)ccc1-c1cccc(F)c1. The summed E-state index contributed by atoms with van der Waals surface area (Å²) in [6, 6.07) is 11.3. The van der Waals surface area contributed by atoms with Crippen molar-refractivity contribution in [3.05, 3.63) is 78.0 Å². The molecule has 0 aliphatic rings. The molecule has 2 aromatic heterocycles. The Bertz CT molecular complexity index is 1300. The van der Waals surface area contributed by atoms with Crippen LogP contribution in [-0.4, -0.2) is 65.2 Å². The molecule has 4 aromatic rings. The molecule has 176 valence electrons. The summed E-state index contributed by atoms with van der Waals surface area (Å²) in [5.74, 6) is 0.0527. The number of nitrogens with one attached hydrogen (secondary N) is 1. The van der Waals surface area contributed by atoms with Gasteiger partial charge in [-0.05, 0) is 56.9 Å². The molecule has 2 heterocycles. The van der Waals surface area contributed by atoms with Gasteiger partial charge in [-0.25, -0.2) is 4.39 Å². The lowest BCUT2D eigenvalue weighted by Crippen LogP contribution is -2.37. The molecule has 2 aromatic carbocycles. The van der Waals surface area contributed by atoms with Gasteiger partial charge in [0.15, 0.2) is 0 Å². The van der Waals surface area contributed by atoms with Crippen molar-refractivity contribution < 1.29 is 13.9 Å². The molecule has 1 N–H and O–H groups in total.